The van der Waals surface area contributed by atoms with Crippen LogP contribution in [0.1, 0.15) is 18.4 Å². The van der Waals surface area contributed by atoms with Gasteiger partial charge in [-0.05, 0) is 11.6 Å². The van der Waals surface area contributed by atoms with E-state index < -0.39 is 0 Å². The van der Waals surface area contributed by atoms with E-state index in [4.69, 9.17) is 9.47 Å². The fraction of sp³-hybridized carbons (Fsp3) is 0.500. The maximum Gasteiger partial charge on any atom is 0.329 e. The van der Waals surface area contributed by atoms with Crippen LogP contribution in [-0.4, -0.2) is 31.3 Å². The number of para-hydroxylation sites is 1. The van der Waals surface area contributed by atoms with E-state index in [2.05, 4.69) is 5.32 Å². The fourth-order valence-electron chi connectivity index (χ4n) is 2.48. The first kappa shape index (κ1) is 11.5. The van der Waals surface area contributed by atoms with E-state index in [-0.39, 0.29) is 18.1 Å². The number of carbonyl (C=O) groups is 1. The molecule has 1 N–H and O–H groups in total. The van der Waals surface area contributed by atoms with Crippen molar-refractivity contribution < 1.29 is 14.3 Å². The van der Waals surface area contributed by atoms with Gasteiger partial charge in [-0.25, -0.2) is 4.79 Å². The summed E-state index contributed by atoms with van der Waals surface area (Å²) in [6.07, 6.45) is 2.37. The first-order chi connectivity index (χ1) is 8.83. The van der Waals surface area contributed by atoms with Crippen molar-refractivity contribution in [2.24, 2.45) is 0 Å². The number of fused-ring (bicyclic) bond motifs is 1. The third kappa shape index (κ3) is 2.34. The van der Waals surface area contributed by atoms with Gasteiger partial charge in [0.2, 0.25) is 0 Å². The lowest BCUT2D eigenvalue weighted by Gasteiger charge is -2.23. The van der Waals surface area contributed by atoms with Crippen LogP contribution in [0.5, 0.6) is 0 Å². The molecule has 1 fully saturated rings. The number of hydrogen-bond donors (Lipinski definition) is 1. The Morgan fingerprint density at radius 1 is 1.28 bits per heavy atom. The average Bonchev–Trinajstić information content (AvgIpc) is 2.84. The van der Waals surface area contributed by atoms with Gasteiger partial charge in [-0.1, -0.05) is 18.2 Å². The molecule has 1 aromatic carbocycles. The Morgan fingerprint density at radius 2 is 2.06 bits per heavy atom. The summed E-state index contributed by atoms with van der Waals surface area (Å²) in [4.78, 5) is 12.1. The molecule has 3 rings (SSSR count). The topological polar surface area (TPSA) is 47.6 Å². The Labute approximate surface area is 106 Å². The molecule has 96 valence electrons. The first-order valence-electron chi connectivity index (χ1n) is 6.45. The van der Waals surface area contributed by atoms with Crippen LogP contribution in [0.3, 0.4) is 0 Å². The first-order valence-corrected chi connectivity index (χ1v) is 6.45. The van der Waals surface area contributed by atoms with Crippen LogP contribution >= 0.6 is 0 Å². The molecule has 4 nitrogen and oxygen atoms in total. The molecule has 0 aromatic heterocycles. The number of hydrogen-bond acceptors (Lipinski definition) is 4. The van der Waals surface area contributed by atoms with Crippen molar-refractivity contribution in [2.75, 3.05) is 18.5 Å². The van der Waals surface area contributed by atoms with Gasteiger partial charge in [0.25, 0.3) is 0 Å². The highest BCUT2D eigenvalue weighted by molar-refractivity contribution is 5.83. The zero-order chi connectivity index (χ0) is 12.4. The Hall–Kier alpha value is -1.55. The van der Waals surface area contributed by atoms with Gasteiger partial charge in [0.05, 0.1) is 13.2 Å². The lowest BCUT2D eigenvalue weighted by Crippen LogP contribution is -2.34. The van der Waals surface area contributed by atoms with Gasteiger partial charge >= 0.3 is 5.97 Å². The predicted molar refractivity (Wildman–Crippen MR) is 67.5 cm³/mol. The van der Waals surface area contributed by atoms with Crippen molar-refractivity contribution in [3.05, 3.63) is 29.8 Å². The third-order valence-electron chi connectivity index (χ3n) is 3.51. The summed E-state index contributed by atoms with van der Waals surface area (Å²) in [6, 6.07) is 7.77. The molecule has 1 atom stereocenters. The Bertz CT molecular complexity index is 415. The zero-order valence-corrected chi connectivity index (χ0v) is 10.2. The molecular weight excluding hydrogens is 230 g/mol. The standard InChI is InChI=1S/C14H17NO3/c16-14(18-11-5-7-17-8-6-11)13-9-10-3-1-2-4-12(10)15-13/h1-4,11,13,15H,5-9H2. The molecule has 4 heteroatoms. The average molecular weight is 247 g/mol. The number of rotatable bonds is 2. The summed E-state index contributed by atoms with van der Waals surface area (Å²) < 4.78 is 10.8. The summed E-state index contributed by atoms with van der Waals surface area (Å²) in [6.45, 7) is 1.38. The number of esters is 1. The monoisotopic (exact) mass is 247 g/mol. The van der Waals surface area contributed by atoms with Crippen LogP contribution in [0.25, 0.3) is 0 Å². The van der Waals surface area contributed by atoms with Crippen LogP contribution in [0, 0.1) is 0 Å². The van der Waals surface area contributed by atoms with E-state index >= 15 is 0 Å². The number of carbonyl (C=O) groups excluding carboxylic acids is 1. The molecule has 1 saturated heterocycles. The van der Waals surface area contributed by atoms with Crippen molar-refractivity contribution in [3.63, 3.8) is 0 Å². The summed E-state index contributed by atoms with van der Waals surface area (Å²) in [5.41, 5.74) is 2.23. The molecule has 1 unspecified atom stereocenters. The van der Waals surface area contributed by atoms with Gasteiger partial charge in [0, 0.05) is 24.9 Å². The summed E-state index contributed by atoms with van der Waals surface area (Å²) in [5.74, 6) is -0.141. The van der Waals surface area contributed by atoms with Crippen LogP contribution in [0.15, 0.2) is 24.3 Å². The number of nitrogens with one attached hydrogen (secondary N) is 1. The van der Waals surface area contributed by atoms with Crippen molar-refractivity contribution in [1.82, 2.24) is 0 Å². The Morgan fingerprint density at radius 3 is 2.83 bits per heavy atom. The highest BCUT2D eigenvalue weighted by Crippen LogP contribution is 2.26. The van der Waals surface area contributed by atoms with Crippen LogP contribution < -0.4 is 5.32 Å². The molecule has 1 aromatic rings. The van der Waals surface area contributed by atoms with Crippen molar-refractivity contribution >= 4 is 11.7 Å². The minimum atomic E-state index is -0.231. The predicted octanol–water partition coefficient (Wildman–Crippen LogP) is 1.75. The SMILES string of the molecule is O=C(OC1CCOCC1)C1Cc2ccccc2N1. The Balaban J connectivity index is 1.58. The van der Waals surface area contributed by atoms with E-state index in [1.54, 1.807) is 0 Å². The van der Waals surface area contributed by atoms with Gasteiger partial charge in [-0.3, -0.25) is 0 Å². The van der Waals surface area contributed by atoms with E-state index in [1.165, 1.54) is 5.56 Å². The van der Waals surface area contributed by atoms with Crippen LogP contribution in [0.4, 0.5) is 5.69 Å². The van der Waals surface area contributed by atoms with E-state index in [0.29, 0.717) is 13.2 Å². The molecule has 2 aliphatic heterocycles. The smallest absolute Gasteiger partial charge is 0.329 e. The highest BCUT2D eigenvalue weighted by Gasteiger charge is 2.29. The van der Waals surface area contributed by atoms with Gasteiger partial charge in [0.1, 0.15) is 12.1 Å². The number of ether oxygens (including phenoxy) is 2. The lowest BCUT2D eigenvalue weighted by molar-refractivity contribution is -0.153. The molecule has 0 saturated carbocycles. The van der Waals surface area contributed by atoms with Crippen molar-refractivity contribution in [3.8, 4) is 0 Å². The van der Waals surface area contributed by atoms with Gasteiger partial charge < -0.3 is 14.8 Å². The maximum atomic E-state index is 12.1. The van der Waals surface area contributed by atoms with Crippen molar-refractivity contribution in [2.45, 2.75) is 31.4 Å². The molecular formula is C14H17NO3. The molecule has 2 heterocycles. The van der Waals surface area contributed by atoms with E-state index in [0.717, 1.165) is 24.9 Å². The van der Waals surface area contributed by atoms with E-state index in [1.807, 2.05) is 24.3 Å². The highest BCUT2D eigenvalue weighted by atomic mass is 16.6. The van der Waals surface area contributed by atoms with Crippen molar-refractivity contribution in [1.29, 1.82) is 0 Å². The molecule has 0 spiro atoms. The minimum absolute atomic E-state index is 0.0248. The van der Waals surface area contributed by atoms with Gasteiger partial charge in [-0.15, -0.1) is 0 Å². The zero-order valence-electron chi connectivity index (χ0n) is 10.2. The van der Waals surface area contributed by atoms with Crippen LogP contribution in [-0.2, 0) is 20.7 Å². The van der Waals surface area contributed by atoms with Gasteiger partial charge in [-0.2, -0.15) is 0 Å². The summed E-state index contributed by atoms with van der Waals surface area (Å²) in [5, 5.41) is 3.22. The quantitative estimate of drug-likeness (QED) is 0.809. The second-order valence-corrected chi connectivity index (χ2v) is 4.81. The van der Waals surface area contributed by atoms with E-state index in [9.17, 15) is 4.79 Å². The van der Waals surface area contributed by atoms with Crippen LogP contribution in [0.2, 0.25) is 0 Å². The van der Waals surface area contributed by atoms with Gasteiger partial charge in [0.15, 0.2) is 0 Å². The third-order valence-corrected chi connectivity index (χ3v) is 3.51. The molecule has 0 amide bonds. The fourth-order valence-corrected chi connectivity index (χ4v) is 2.48. The molecule has 0 radical (unpaired) electrons. The number of benzene rings is 1. The maximum absolute atomic E-state index is 12.1. The molecule has 0 aliphatic carbocycles. The Kier molecular flexibility index (Phi) is 3.19. The molecule has 2 aliphatic rings. The summed E-state index contributed by atoms with van der Waals surface area (Å²) in [7, 11) is 0. The lowest BCUT2D eigenvalue weighted by atomic mass is 10.1. The molecule has 0 bridgehead atoms. The second kappa shape index (κ2) is 4.98. The minimum Gasteiger partial charge on any atom is -0.461 e. The summed E-state index contributed by atoms with van der Waals surface area (Å²) >= 11 is 0. The second-order valence-electron chi connectivity index (χ2n) is 4.81. The number of anilines is 1. The largest absolute Gasteiger partial charge is 0.461 e. The molecule has 18 heavy (non-hydrogen) atoms. The normalized spacial score (nSPS) is 23.2.